The third-order valence-electron chi connectivity index (χ3n) is 4.89. The van der Waals surface area contributed by atoms with E-state index in [1.165, 1.54) is 0 Å². The van der Waals surface area contributed by atoms with Gasteiger partial charge in [-0.05, 0) is 51.6 Å². The van der Waals surface area contributed by atoms with Gasteiger partial charge in [0.25, 0.3) is 0 Å². The number of hydrogen-bond donors (Lipinski definition) is 1. The van der Waals surface area contributed by atoms with Crippen LogP contribution in [0.5, 0.6) is 0 Å². The van der Waals surface area contributed by atoms with Crippen molar-refractivity contribution in [2.75, 3.05) is 13.1 Å². The molecule has 1 aliphatic heterocycles. The van der Waals surface area contributed by atoms with Crippen molar-refractivity contribution in [1.82, 2.24) is 4.90 Å². The third-order valence-corrected chi connectivity index (χ3v) is 4.89. The molecule has 0 aromatic rings. The molecule has 1 saturated carbocycles. The third kappa shape index (κ3) is 3.10. The normalized spacial score (nSPS) is 33.6. The Balaban J connectivity index is 2.10. The van der Waals surface area contributed by atoms with E-state index < -0.39 is 23.6 Å². The molecule has 0 aromatic carbocycles. The topological polar surface area (TPSA) is 40.5 Å². The molecule has 6 heteroatoms. The predicted molar refractivity (Wildman–Crippen MR) is 68.4 cm³/mol. The standard InChI is InChI=1S/C14H22F3NO2/c15-14(16,17)11-5-7-13(8-6-11,12(19)20)18-9-3-1-2-4-10-18/h11H,1-10H2,(H,19,20). The number of alkyl halides is 3. The fraction of sp³-hybridized carbons (Fsp3) is 0.929. The molecule has 0 bridgehead atoms. The van der Waals surface area contributed by atoms with Crippen molar-refractivity contribution >= 4 is 5.97 Å². The van der Waals surface area contributed by atoms with E-state index in [0.717, 1.165) is 25.7 Å². The first-order valence-corrected chi connectivity index (χ1v) is 7.41. The maximum absolute atomic E-state index is 12.7. The number of nitrogens with zero attached hydrogens (tertiary/aromatic N) is 1. The summed E-state index contributed by atoms with van der Waals surface area (Å²) in [6, 6.07) is 0. The summed E-state index contributed by atoms with van der Waals surface area (Å²) in [6.45, 7) is 1.39. The van der Waals surface area contributed by atoms with Gasteiger partial charge in [0.15, 0.2) is 0 Å². The van der Waals surface area contributed by atoms with Gasteiger partial charge in [-0.3, -0.25) is 9.69 Å². The van der Waals surface area contributed by atoms with Crippen LogP contribution in [0.4, 0.5) is 13.2 Å². The second-order valence-electron chi connectivity index (χ2n) is 6.05. The number of carbonyl (C=O) groups is 1. The van der Waals surface area contributed by atoms with Gasteiger partial charge >= 0.3 is 12.1 Å². The summed E-state index contributed by atoms with van der Waals surface area (Å²) in [5.41, 5.74) is -1.06. The van der Waals surface area contributed by atoms with Crippen molar-refractivity contribution in [2.24, 2.45) is 5.92 Å². The average Bonchev–Trinajstić information content (AvgIpc) is 2.66. The Kier molecular flexibility index (Phi) is 4.62. The van der Waals surface area contributed by atoms with Gasteiger partial charge in [-0.25, -0.2) is 0 Å². The molecule has 1 aliphatic carbocycles. The van der Waals surface area contributed by atoms with Gasteiger partial charge in [-0.1, -0.05) is 12.8 Å². The first-order valence-electron chi connectivity index (χ1n) is 7.41. The van der Waals surface area contributed by atoms with Crippen LogP contribution >= 0.6 is 0 Å². The summed E-state index contributed by atoms with van der Waals surface area (Å²) >= 11 is 0. The Morgan fingerprint density at radius 3 is 1.95 bits per heavy atom. The minimum Gasteiger partial charge on any atom is -0.480 e. The van der Waals surface area contributed by atoms with E-state index in [9.17, 15) is 23.1 Å². The SMILES string of the molecule is O=C(O)C1(N2CCCCCC2)CCC(C(F)(F)F)CC1. The Morgan fingerprint density at radius 1 is 1.05 bits per heavy atom. The largest absolute Gasteiger partial charge is 0.480 e. The van der Waals surface area contributed by atoms with E-state index >= 15 is 0 Å². The highest BCUT2D eigenvalue weighted by atomic mass is 19.4. The van der Waals surface area contributed by atoms with Crippen LogP contribution in [0, 0.1) is 5.92 Å². The second kappa shape index (κ2) is 5.92. The molecule has 1 heterocycles. The fourth-order valence-corrected chi connectivity index (χ4v) is 3.59. The lowest BCUT2D eigenvalue weighted by Crippen LogP contribution is -2.57. The lowest BCUT2D eigenvalue weighted by Gasteiger charge is -2.44. The van der Waals surface area contributed by atoms with Crippen molar-refractivity contribution in [2.45, 2.75) is 63.1 Å². The van der Waals surface area contributed by atoms with E-state index in [0.29, 0.717) is 13.1 Å². The van der Waals surface area contributed by atoms with Gasteiger partial charge < -0.3 is 5.11 Å². The molecule has 0 atom stereocenters. The molecule has 0 amide bonds. The molecule has 0 spiro atoms. The molecule has 116 valence electrons. The second-order valence-corrected chi connectivity index (χ2v) is 6.05. The molecule has 20 heavy (non-hydrogen) atoms. The van der Waals surface area contributed by atoms with Crippen molar-refractivity contribution in [1.29, 1.82) is 0 Å². The zero-order chi connectivity index (χ0) is 14.8. The lowest BCUT2D eigenvalue weighted by molar-refractivity contribution is -0.193. The van der Waals surface area contributed by atoms with Crippen molar-refractivity contribution in [3.05, 3.63) is 0 Å². The maximum Gasteiger partial charge on any atom is 0.391 e. The van der Waals surface area contributed by atoms with Gasteiger partial charge in [0.2, 0.25) is 0 Å². The van der Waals surface area contributed by atoms with E-state index in [-0.39, 0.29) is 25.7 Å². The molecular weight excluding hydrogens is 271 g/mol. The number of likely N-dealkylation sites (tertiary alicyclic amines) is 1. The molecule has 2 aliphatic rings. The Labute approximate surface area is 117 Å². The van der Waals surface area contributed by atoms with E-state index in [1.807, 2.05) is 4.90 Å². The smallest absolute Gasteiger partial charge is 0.391 e. The molecule has 0 aromatic heterocycles. The number of aliphatic carboxylic acids is 1. The average molecular weight is 293 g/mol. The van der Waals surface area contributed by atoms with Crippen LogP contribution in [-0.2, 0) is 4.79 Å². The van der Waals surface area contributed by atoms with Crippen LogP contribution < -0.4 is 0 Å². The monoisotopic (exact) mass is 293 g/mol. The van der Waals surface area contributed by atoms with Gasteiger partial charge in [-0.2, -0.15) is 13.2 Å². The molecule has 2 rings (SSSR count). The van der Waals surface area contributed by atoms with Crippen LogP contribution in [0.2, 0.25) is 0 Å². The summed E-state index contributed by atoms with van der Waals surface area (Å²) in [4.78, 5) is 13.7. The number of rotatable bonds is 2. The summed E-state index contributed by atoms with van der Waals surface area (Å²) in [5.74, 6) is -2.28. The van der Waals surface area contributed by atoms with E-state index in [1.54, 1.807) is 0 Å². The lowest BCUT2D eigenvalue weighted by atomic mass is 9.75. The highest BCUT2D eigenvalue weighted by molar-refractivity contribution is 5.79. The summed E-state index contributed by atoms with van der Waals surface area (Å²) in [6.07, 6.45) is -0.0364. The van der Waals surface area contributed by atoms with E-state index in [4.69, 9.17) is 0 Å². The molecule has 0 radical (unpaired) electrons. The number of hydrogen-bond acceptors (Lipinski definition) is 2. The molecule has 1 saturated heterocycles. The summed E-state index contributed by atoms with van der Waals surface area (Å²) < 4.78 is 38.2. The van der Waals surface area contributed by atoms with Crippen molar-refractivity contribution < 1.29 is 23.1 Å². The molecule has 1 N–H and O–H groups in total. The first-order chi connectivity index (χ1) is 9.36. The van der Waals surface area contributed by atoms with Crippen molar-refractivity contribution in [3.8, 4) is 0 Å². The summed E-state index contributed by atoms with van der Waals surface area (Å²) in [7, 11) is 0. The molecule has 2 fully saturated rings. The van der Waals surface area contributed by atoms with Crippen LogP contribution in [0.1, 0.15) is 51.4 Å². The van der Waals surface area contributed by atoms with Gasteiger partial charge in [-0.15, -0.1) is 0 Å². The zero-order valence-corrected chi connectivity index (χ0v) is 11.6. The minimum absolute atomic E-state index is 0.0632. The Bertz CT molecular complexity index is 341. The van der Waals surface area contributed by atoms with Crippen molar-refractivity contribution in [3.63, 3.8) is 0 Å². The number of halogens is 3. The van der Waals surface area contributed by atoms with Gasteiger partial charge in [0, 0.05) is 0 Å². The summed E-state index contributed by atoms with van der Waals surface area (Å²) in [5, 5.41) is 9.60. The van der Waals surface area contributed by atoms with Gasteiger partial charge in [0.05, 0.1) is 5.92 Å². The predicted octanol–water partition coefficient (Wildman–Crippen LogP) is 3.44. The van der Waals surface area contributed by atoms with Crippen LogP contribution in [-0.4, -0.2) is 40.8 Å². The zero-order valence-electron chi connectivity index (χ0n) is 11.6. The highest BCUT2D eigenvalue weighted by Crippen LogP contribution is 2.44. The number of carboxylic acids is 1. The molecular formula is C14H22F3NO2. The number of carboxylic acid groups (broad SMARTS) is 1. The van der Waals surface area contributed by atoms with Crippen LogP contribution in [0.3, 0.4) is 0 Å². The quantitative estimate of drug-likeness (QED) is 0.848. The highest BCUT2D eigenvalue weighted by Gasteiger charge is 2.51. The van der Waals surface area contributed by atoms with E-state index in [2.05, 4.69) is 0 Å². The minimum atomic E-state index is -4.19. The Morgan fingerprint density at radius 2 is 1.55 bits per heavy atom. The van der Waals surface area contributed by atoms with Crippen LogP contribution in [0.25, 0.3) is 0 Å². The maximum atomic E-state index is 12.7. The fourth-order valence-electron chi connectivity index (χ4n) is 3.59. The van der Waals surface area contributed by atoms with Crippen LogP contribution in [0.15, 0.2) is 0 Å². The van der Waals surface area contributed by atoms with Gasteiger partial charge in [0.1, 0.15) is 5.54 Å². The Hall–Kier alpha value is -0.780. The molecule has 0 unspecified atom stereocenters. The molecule has 3 nitrogen and oxygen atoms in total. The first kappa shape index (κ1) is 15.6.